The Labute approximate surface area is 101 Å². The summed E-state index contributed by atoms with van der Waals surface area (Å²) in [5, 5.41) is 13.0. The van der Waals surface area contributed by atoms with Gasteiger partial charge in [0, 0.05) is 6.20 Å². The summed E-state index contributed by atoms with van der Waals surface area (Å²) in [4.78, 5) is 0. The summed E-state index contributed by atoms with van der Waals surface area (Å²) in [5.74, 6) is 0.0320. The van der Waals surface area contributed by atoms with E-state index >= 15 is 0 Å². The number of nitrogens with zero attached hydrogens (tertiary/aromatic N) is 3. The van der Waals surface area contributed by atoms with Crippen LogP contribution >= 0.6 is 0 Å². The van der Waals surface area contributed by atoms with Crippen LogP contribution in [0, 0.1) is 11.3 Å². The number of hydrogen-bond donors (Lipinski definition) is 1. The van der Waals surface area contributed by atoms with Crippen molar-refractivity contribution in [1.29, 1.82) is 5.26 Å². The predicted octanol–water partition coefficient (Wildman–Crippen LogP) is 1.27. The molecule has 0 radical (unpaired) electrons. The molecule has 0 aliphatic carbocycles. The average Bonchev–Trinajstić information content (AvgIpc) is 2.60. The van der Waals surface area contributed by atoms with Crippen molar-refractivity contribution >= 4 is 15.8 Å². The van der Waals surface area contributed by atoms with Gasteiger partial charge in [-0.1, -0.05) is 0 Å². The van der Waals surface area contributed by atoms with Crippen LogP contribution in [0.2, 0.25) is 0 Å². The van der Waals surface area contributed by atoms with E-state index in [2.05, 4.69) is 9.82 Å². The largest absolute Gasteiger partial charge is 0.265 e. The third-order valence-corrected chi connectivity index (χ3v) is 3.42. The van der Waals surface area contributed by atoms with Gasteiger partial charge < -0.3 is 0 Å². The highest BCUT2D eigenvalue weighted by molar-refractivity contribution is 7.92. The molecule has 1 rings (SSSR count). The molecule has 94 valence electrons. The van der Waals surface area contributed by atoms with E-state index in [4.69, 9.17) is 5.26 Å². The van der Waals surface area contributed by atoms with E-state index in [9.17, 15) is 8.42 Å². The molecule has 0 aliphatic heterocycles. The van der Waals surface area contributed by atoms with Gasteiger partial charge in [-0.2, -0.15) is 10.4 Å². The fraction of sp³-hybridized carbons (Fsp3) is 0.600. The second kappa shape index (κ2) is 4.37. The van der Waals surface area contributed by atoms with Gasteiger partial charge >= 0.3 is 0 Å². The Kier molecular flexibility index (Phi) is 3.48. The SMILES string of the molecule is CCS(=O)(=O)Nc1nn(C(C)(C)C)cc1C#N. The third-order valence-electron chi connectivity index (χ3n) is 2.15. The zero-order valence-electron chi connectivity index (χ0n) is 10.4. The van der Waals surface area contributed by atoms with Crippen molar-refractivity contribution in [1.82, 2.24) is 9.78 Å². The van der Waals surface area contributed by atoms with Gasteiger partial charge in [0.15, 0.2) is 5.82 Å². The van der Waals surface area contributed by atoms with Gasteiger partial charge in [0.2, 0.25) is 10.0 Å². The quantitative estimate of drug-likeness (QED) is 0.882. The number of anilines is 1. The average molecular weight is 256 g/mol. The van der Waals surface area contributed by atoms with Crippen molar-refractivity contribution in [3.63, 3.8) is 0 Å². The number of sulfonamides is 1. The lowest BCUT2D eigenvalue weighted by atomic mass is 10.1. The second-order valence-electron chi connectivity index (χ2n) is 4.62. The van der Waals surface area contributed by atoms with Crippen LogP contribution in [0.15, 0.2) is 6.20 Å². The molecule has 17 heavy (non-hydrogen) atoms. The van der Waals surface area contributed by atoms with E-state index in [1.807, 2.05) is 26.8 Å². The maximum absolute atomic E-state index is 11.4. The van der Waals surface area contributed by atoms with Crippen molar-refractivity contribution in [2.45, 2.75) is 33.2 Å². The Morgan fingerprint density at radius 3 is 2.53 bits per heavy atom. The number of nitrogens with one attached hydrogen (secondary N) is 1. The first-order valence-electron chi connectivity index (χ1n) is 5.20. The molecule has 1 N–H and O–H groups in total. The van der Waals surface area contributed by atoms with Gasteiger partial charge in [-0.05, 0) is 27.7 Å². The Morgan fingerprint density at radius 2 is 2.12 bits per heavy atom. The zero-order valence-corrected chi connectivity index (χ0v) is 11.2. The lowest BCUT2D eigenvalue weighted by molar-refractivity contribution is 0.356. The molecule has 6 nitrogen and oxygen atoms in total. The van der Waals surface area contributed by atoms with Crippen LogP contribution < -0.4 is 4.72 Å². The standard InChI is InChI=1S/C10H16N4O2S/c1-5-17(15,16)13-9-8(6-11)7-14(12-9)10(2,3)4/h7H,5H2,1-4H3,(H,12,13). The molecule has 0 bridgehead atoms. The maximum atomic E-state index is 11.4. The Balaban J connectivity index is 3.18. The third kappa shape index (κ3) is 3.20. The van der Waals surface area contributed by atoms with Gasteiger partial charge in [-0.15, -0.1) is 0 Å². The summed E-state index contributed by atoms with van der Waals surface area (Å²) in [7, 11) is -3.41. The smallest absolute Gasteiger partial charge is 0.233 e. The van der Waals surface area contributed by atoms with Gasteiger partial charge in [0.1, 0.15) is 11.6 Å². The Hall–Kier alpha value is -1.55. The minimum Gasteiger partial charge on any atom is -0.265 e. The van der Waals surface area contributed by atoms with Gasteiger partial charge in [-0.3, -0.25) is 9.40 Å². The van der Waals surface area contributed by atoms with E-state index in [1.54, 1.807) is 4.68 Å². The van der Waals surface area contributed by atoms with E-state index in [-0.39, 0.29) is 22.7 Å². The lowest BCUT2D eigenvalue weighted by Crippen LogP contribution is -2.23. The molecular weight excluding hydrogens is 240 g/mol. The minimum atomic E-state index is -3.41. The van der Waals surface area contributed by atoms with E-state index in [1.165, 1.54) is 13.1 Å². The van der Waals surface area contributed by atoms with Crippen molar-refractivity contribution in [2.75, 3.05) is 10.5 Å². The molecule has 0 saturated carbocycles. The van der Waals surface area contributed by atoms with E-state index in [0.717, 1.165) is 0 Å². The highest BCUT2D eigenvalue weighted by Gasteiger charge is 2.20. The highest BCUT2D eigenvalue weighted by atomic mass is 32.2. The summed E-state index contributed by atoms with van der Waals surface area (Å²) in [5.41, 5.74) is -0.0847. The molecule has 0 spiro atoms. The molecule has 0 unspecified atom stereocenters. The normalized spacial score (nSPS) is 12.2. The van der Waals surface area contributed by atoms with E-state index < -0.39 is 10.0 Å². The second-order valence-corrected chi connectivity index (χ2v) is 6.64. The molecule has 7 heteroatoms. The summed E-state index contributed by atoms with van der Waals surface area (Å²) in [6.07, 6.45) is 1.54. The molecule has 0 fully saturated rings. The fourth-order valence-corrected chi connectivity index (χ4v) is 1.68. The zero-order chi connectivity index (χ0) is 13.3. The summed E-state index contributed by atoms with van der Waals surface area (Å²) >= 11 is 0. The molecule has 0 atom stereocenters. The lowest BCUT2D eigenvalue weighted by Gasteiger charge is -2.18. The summed E-state index contributed by atoms with van der Waals surface area (Å²) in [6.45, 7) is 7.27. The first-order chi connectivity index (χ1) is 7.69. The predicted molar refractivity (Wildman–Crippen MR) is 65.0 cm³/mol. The number of nitriles is 1. The van der Waals surface area contributed by atoms with Crippen molar-refractivity contribution in [2.24, 2.45) is 0 Å². The topological polar surface area (TPSA) is 87.8 Å². The first-order valence-corrected chi connectivity index (χ1v) is 6.85. The van der Waals surface area contributed by atoms with Crippen molar-refractivity contribution < 1.29 is 8.42 Å². The Bertz CT molecular complexity index is 546. The monoisotopic (exact) mass is 256 g/mol. The van der Waals surface area contributed by atoms with Gasteiger partial charge in [0.05, 0.1) is 11.3 Å². The number of rotatable bonds is 3. The molecule has 0 aliphatic rings. The molecule has 1 aromatic heterocycles. The summed E-state index contributed by atoms with van der Waals surface area (Å²) < 4.78 is 26.7. The van der Waals surface area contributed by atoms with Crippen LogP contribution in [0.25, 0.3) is 0 Å². The molecule has 1 heterocycles. The van der Waals surface area contributed by atoms with Crippen LogP contribution in [-0.4, -0.2) is 24.0 Å². The molecular formula is C10H16N4O2S. The first kappa shape index (κ1) is 13.5. The van der Waals surface area contributed by atoms with E-state index in [0.29, 0.717) is 0 Å². The molecule has 0 aromatic carbocycles. The van der Waals surface area contributed by atoms with Crippen LogP contribution in [0.3, 0.4) is 0 Å². The minimum absolute atomic E-state index is 0.0553. The molecule has 0 saturated heterocycles. The van der Waals surface area contributed by atoms with Crippen molar-refractivity contribution in [3.05, 3.63) is 11.8 Å². The fourth-order valence-electron chi connectivity index (χ4n) is 1.09. The van der Waals surface area contributed by atoms with Crippen molar-refractivity contribution in [3.8, 4) is 6.07 Å². The molecule has 0 amide bonds. The van der Waals surface area contributed by atoms with Gasteiger partial charge in [0.25, 0.3) is 0 Å². The summed E-state index contributed by atoms with van der Waals surface area (Å²) in [6, 6.07) is 1.92. The number of aromatic nitrogens is 2. The highest BCUT2D eigenvalue weighted by Crippen LogP contribution is 2.19. The van der Waals surface area contributed by atoms with Gasteiger partial charge in [-0.25, -0.2) is 8.42 Å². The van der Waals surface area contributed by atoms with Crippen LogP contribution in [0.5, 0.6) is 0 Å². The van der Waals surface area contributed by atoms with Crippen LogP contribution in [-0.2, 0) is 15.6 Å². The maximum Gasteiger partial charge on any atom is 0.233 e. The van der Waals surface area contributed by atoms with Crippen LogP contribution in [0.4, 0.5) is 5.82 Å². The number of hydrogen-bond acceptors (Lipinski definition) is 4. The molecule has 1 aromatic rings. The van der Waals surface area contributed by atoms with Crippen LogP contribution in [0.1, 0.15) is 33.3 Å². The Morgan fingerprint density at radius 1 is 1.53 bits per heavy atom.